The third kappa shape index (κ3) is 3.31. The van der Waals surface area contributed by atoms with Gasteiger partial charge in [-0.3, -0.25) is 4.90 Å². The van der Waals surface area contributed by atoms with Crippen molar-refractivity contribution in [3.05, 3.63) is 24.3 Å². The number of rotatable bonds is 5. The zero-order valence-electron chi connectivity index (χ0n) is 14.0. The Kier molecular flexibility index (Phi) is 5.17. The number of morpholine rings is 1. The van der Waals surface area contributed by atoms with Crippen LogP contribution >= 0.6 is 0 Å². The molecule has 2 aliphatic heterocycles. The summed E-state index contributed by atoms with van der Waals surface area (Å²) in [6.07, 6.45) is 2.65. The molecule has 0 bridgehead atoms. The van der Waals surface area contributed by atoms with Crippen LogP contribution in [0.25, 0.3) is 0 Å². The maximum Gasteiger partial charge on any atom is 0.144 e. The second-order valence-corrected chi connectivity index (χ2v) is 6.07. The molecule has 3 N–H and O–H groups in total. The van der Waals surface area contributed by atoms with E-state index in [-0.39, 0.29) is 18.9 Å². The van der Waals surface area contributed by atoms with E-state index in [1.54, 1.807) is 0 Å². The molecule has 2 unspecified atom stereocenters. The smallest absolute Gasteiger partial charge is 0.144 e. The van der Waals surface area contributed by atoms with Crippen molar-refractivity contribution in [1.82, 2.24) is 14.9 Å². The molecule has 2 fully saturated rings. The van der Waals surface area contributed by atoms with Crippen LogP contribution in [0.15, 0.2) is 18.7 Å². The zero-order valence-corrected chi connectivity index (χ0v) is 14.0. The van der Waals surface area contributed by atoms with E-state index < -0.39 is 0 Å². The number of aliphatic hydroxyl groups excluding tert-OH is 1. The van der Waals surface area contributed by atoms with Gasteiger partial charge in [-0.15, -0.1) is 0 Å². The summed E-state index contributed by atoms with van der Waals surface area (Å²) < 4.78 is 11.4. The van der Waals surface area contributed by atoms with Crippen molar-refractivity contribution in [2.75, 3.05) is 43.5 Å². The molecule has 1 aromatic rings. The van der Waals surface area contributed by atoms with Crippen molar-refractivity contribution in [2.45, 2.75) is 32.1 Å². The normalized spacial score (nSPS) is 24.2. The SMILES string of the molecule is C=C(N1CCOCC1)N(c1ncnc(N)c1C)C1CCC(CO)O1. The number of anilines is 2. The lowest BCUT2D eigenvalue weighted by atomic mass is 10.2. The minimum absolute atomic E-state index is 0.0132. The number of hydrogen-bond donors (Lipinski definition) is 2. The van der Waals surface area contributed by atoms with Crippen LogP contribution < -0.4 is 10.6 Å². The van der Waals surface area contributed by atoms with E-state index in [1.807, 2.05) is 11.8 Å². The fraction of sp³-hybridized carbons (Fsp3) is 0.625. The summed E-state index contributed by atoms with van der Waals surface area (Å²) in [5.74, 6) is 1.95. The summed E-state index contributed by atoms with van der Waals surface area (Å²) in [4.78, 5) is 12.6. The molecule has 0 spiro atoms. The number of aliphatic hydroxyl groups is 1. The summed E-state index contributed by atoms with van der Waals surface area (Å²) in [7, 11) is 0. The summed E-state index contributed by atoms with van der Waals surface area (Å²) in [5, 5.41) is 9.38. The van der Waals surface area contributed by atoms with Crippen LogP contribution in [0.2, 0.25) is 0 Å². The first-order valence-corrected chi connectivity index (χ1v) is 8.26. The first-order chi connectivity index (χ1) is 11.6. The largest absolute Gasteiger partial charge is 0.394 e. The van der Waals surface area contributed by atoms with E-state index in [4.69, 9.17) is 15.2 Å². The Hall–Kier alpha value is -1.90. The van der Waals surface area contributed by atoms with Gasteiger partial charge >= 0.3 is 0 Å². The van der Waals surface area contributed by atoms with Crippen molar-refractivity contribution >= 4 is 11.6 Å². The van der Waals surface area contributed by atoms with Crippen LogP contribution in [0.4, 0.5) is 11.6 Å². The molecule has 0 saturated carbocycles. The van der Waals surface area contributed by atoms with Crippen LogP contribution in [-0.4, -0.2) is 65.2 Å². The molecule has 2 saturated heterocycles. The van der Waals surface area contributed by atoms with Crippen LogP contribution in [0, 0.1) is 6.92 Å². The third-order valence-electron chi connectivity index (χ3n) is 4.56. The Morgan fingerprint density at radius 3 is 2.83 bits per heavy atom. The molecular weight excluding hydrogens is 310 g/mol. The number of nitrogens with zero attached hydrogens (tertiary/aromatic N) is 4. The van der Waals surface area contributed by atoms with Crippen molar-refractivity contribution in [3.63, 3.8) is 0 Å². The van der Waals surface area contributed by atoms with Crippen LogP contribution in [-0.2, 0) is 9.47 Å². The van der Waals surface area contributed by atoms with Gasteiger partial charge in [-0.1, -0.05) is 6.58 Å². The van der Waals surface area contributed by atoms with Gasteiger partial charge in [0.25, 0.3) is 0 Å². The molecule has 3 rings (SSSR count). The van der Waals surface area contributed by atoms with Crippen LogP contribution in [0.3, 0.4) is 0 Å². The molecule has 8 nitrogen and oxygen atoms in total. The molecule has 24 heavy (non-hydrogen) atoms. The highest BCUT2D eigenvalue weighted by atomic mass is 16.5. The molecule has 132 valence electrons. The minimum Gasteiger partial charge on any atom is -0.394 e. The Bertz CT molecular complexity index is 591. The van der Waals surface area contributed by atoms with Crippen molar-refractivity contribution in [1.29, 1.82) is 0 Å². The fourth-order valence-electron chi connectivity index (χ4n) is 3.11. The topological polar surface area (TPSA) is 97.0 Å². The number of aromatic nitrogens is 2. The number of ether oxygens (including phenoxy) is 2. The molecule has 3 heterocycles. The molecule has 0 aliphatic carbocycles. The third-order valence-corrected chi connectivity index (χ3v) is 4.56. The average molecular weight is 335 g/mol. The van der Waals surface area contributed by atoms with Gasteiger partial charge in [0.15, 0.2) is 0 Å². The van der Waals surface area contributed by atoms with Gasteiger partial charge in [-0.05, 0) is 19.8 Å². The highest BCUT2D eigenvalue weighted by molar-refractivity contribution is 5.59. The van der Waals surface area contributed by atoms with Gasteiger partial charge < -0.3 is 25.2 Å². The summed E-state index contributed by atoms with van der Waals surface area (Å²) in [6, 6.07) is 0. The van der Waals surface area contributed by atoms with E-state index in [0.29, 0.717) is 24.8 Å². The second-order valence-electron chi connectivity index (χ2n) is 6.07. The lowest BCUT2D eigenvalue weighted by Crippen LogP contribution is -2.46. The van der Waals surface area contributed by atoms with Gasteiger partial charge in [0.2, 0.25) is 0 Å². The summed E-state index contributed by atoms with van der Waals surface area (Å²) in [6.45, 7) is 9.05. The van der Waals surface area contributed by atoms with Gasteiger partial charge in [0.1, 0.15) is 30.0 Å². The molecule has 2 aliphatic rings. The maximum atomic E-state index is 9.38. The Labute approximate surface area is 141 Å². The van der Waals surface area contributed by atoms with Crippen LogP contribution in [0.1, 0.15) is 18.4 Å². The van der Waals surface area contributed by atoms with E-state index in [2.05, 4.69) is 21.4 Å². The molecule has 1 aromatic heterocycles. The van der Waals surface area contributed by atoms with Crippen LogP contribution in [0.5, 0.6) is 0 Å². The molecular formula is C16H25N5O3. The maximum absolute atomic E-state index is 9.38. The molecule has 0 amide bonds. The first-order valence-electron chi connectivity index (χ1n) is 8.26. The van der Waals surface area contributed by atoms with E-state index in [0.717, 1.165) is 37.3 Å². The lowest BCUT2D eigenvalue weighted by molar-refractivity contribution is 0.00593. The molecule has 8 heteroatoms. The van der Waals surface area contributed by atoms with Gasteiger partial charge in [0.05, 0.1) is 25.9 Å². The Balaban J connectivity index is 1.91. The van der Waals surface area contributed by atoms with Crippen molar-refractivity contribution in [3.8, 4) is 0 Å². The Morgan fingerprint density at radius 1 is 1.42 bits per heavy atom. The second kappa shape index (κ2) is 7.33. The van der Waals surface area contributed by atoms with Gasteiger partial charge in [-0.25, -0.2) is 9.97 Å². The highest BCUT2D eigenvalue weighted by Crippen LogP contribution is 2.33. The average Bonchev–Trinajstić information content (AvgIpc) is 3.08. The number of hydrogen-bond acceptors (Lipinski definition) is 8. The van der Waals surface area contributed by atoms with Gasteiger partial charge in [0, 0.05) is 18.7 Å². The standard InChI is InChI=1S/C16H25N5O3/c1-11-15(17)18-10-19-16(11)21(14-4-3-13(9-22)24-14)12(2)20-5-7-23-8-6-20/h10,13-14,22H,2-9H2,1H3,(H2,17,18,19). The predicted molar refractivity (Wildman–Crippen MR) is 90.2 cm³/mol. The zero-order chi connectivity index (χ0) is 17.1. The Morgan fingerprint density at radius 2 is 2.17 bits per heavy atom. The summed E-state index contributed by atoms with van der Waals surface area (Å²) in [5.41, 5.74) is 6.76. The van der Waals surface area contributed by atoms with Crippen molar-refractivity contribution in [2.24, 2.45) is 0 Å². The quantitative estimate of drug-likeness (QED) is 0.802. The van der Waals surface area contributed by atoms with E-state index >= 15 is 0 Å². The van der Waals surface area contributed by atoms with Crippen molar-refractivity contribution < 1.29 is 14.6 Å². The van der Waals surface area contributed by atoms with E-state index in [1.165, 1.54) is 6.33 Å². The molecule has 2 atom stereocenters. The number of nitrogen functional groups attached to an aromatic ring is 1. The van der Waals surface area contributed by atoms with Gasteiger partial charge in [-0.2, -0.15) is 0 Å². The first kappa shape index (κ1) is 16.9. The number of nitrogens with two attached hydrogens (primary N) is 1. The van der Waals surface area contributed by atoms with E-state index in [9.17, 15) is 5.11 Å². The minimum atomic E-state index is -0.231. The monoisotopic (exact) mass is 335 g/mol. The summed E-state index contributed by atoms with van der Waals surface area (Å²) >= 11 is 0. The molecule has 0 radical (unpaired) electrons. The predicted octanol–water partition coefficient (Wildman–Crippen LogP) is 0.474. The fourth-order valence-corrected chi connectivity index (χ4v) is 3.11. The lowest BCUT2D eigenvalue weighted by Gasteiger charge is -2.39. The highest BCUT2D eigenvalue weighted by Gasteiger charge is 2.34. The molecule has 0 aromatic carbocycles.